The molecule has 180 valence electrons. The molecule has 6 rings (SSSR count). The van der Waals surface area contributed by atoms with E-state index >= 15 is 0 Å². The summed E-state index contributed by atoms with van der Waals surface area (Å²) in [5.41, 5.74) is 1.59. The van der Waals surface area contributed by atoms with Gasteiger partial charge in [-0.2, -0.15) is 0 Å². The first kappa shape index (κ1) is 22.9. The Morgan fingerprint density at radius 2 is 1.56 bits per heavy atom. The predicted molar refractivity (Wildman–Crippen MR) is 132 cm³/mol. The topological polar surface area (TPSA) is 58.6 Å². The van der Waals surface area contributed by atoms with E-state index in [4.69, 9.17) is 4.74 Å². The number of amides is 2. The molecule has 2 aromatic rings. The van der Waals surface area contributed by atoms with Gasteiger partial charge in [0.25, 0.3) is 5.91 Å². The second-order valence-corrected chi connectivity index (χ2v) is 10.8. The Kier molecular flexibility index (Phi) is 6.62. The van der Waals surface area contributed by atoms with Gasteiger partial charge in [0.15, 0.2) is 0 Å². The number of rotatable bonds is 9. The van der Waals surface area contributed by atoms with E-state index in [0.29, 0.717) is 25.3 Å². The van der Waals surface area contributed by atoms with Crippen molar-refractivity contribution in [1.29, 1.82) is 0 Å². The molecule has 0 atom stereocenters. The van der Waals surface area contributed by atoms with E-state index in [1.807, 2.05) is 61.6 Å². The van der Waals surface area contributed by atoms with Gasteiger partial charge in [-0.3, -0.25) is 9.59 Å². The van der Waals surface area contributed by atoms with Crippen LogP contribution in [0.2, 0.25) is 0 Å². The van der Waals surface area contributed by atoms with Crippen LogP contribution in [0.5, 0.6) is 5.75 Å². The third-order valence-corrected chi connectivity index (χ3v) is 8.17. The molecule has 4 saturated carbocycles. The van der Waals surface area contributed by atoms with Crippen molar-refractivity contribution < 1.29 is 14.3 Å². The lowest BCUT2D eigenvalue weighted by Crippen LogP contribution is -2.53. The summed E-state index contributed by atoms with van der Waals surface area (Å²) in [6.45, 7) is 1.74. The van der Waals surface area contributed by atoms with E-state index in [1.165, 1.54) is 19.3 Å². The largest absolute Gasteiger partial charge is 0.494 e. The Morgan fingerprint density at radius 1 is 0.941 bits per heavy atom. The van der Waals surface area contributed by atoms with E-state index < -0.39 is 0 Å². The van der Waals surface area contributed by atoms with Gasteiger partial charge in [-0.05, 0) is 92.5 Å². The minimum Gasteiger partial charge on any atom is -0.494 e. The molecule has 4 fully saturated rings. The average Bonchev–Trinajstić information content (AvgIpc) is 2.84. The smallest absolute Gasteiger partial charge is 0.253 e. The molecule has 34 heavy (non-hydrogen) atoms. The van der Waals surface area contributed by atoms with Crippen molar-refractivity contribution in [3.05, 3.63) is 65.7 Å². The zero-order chi connectivity index (χ0) is 23.5. The summed E-state index contributed by atoms with van der Waals surface area (Å²) in [6.07, 6.45) is 8.05. The molecule has 0 aromatic heterocycles. The molecule has 0 radical (unpaired) electrons. The van der Waals surface area contributed by atoms with E-state index in [2.05, 4.69) is 5.32 Å². The van der Waals surface area contributed by atoms with Crippen molar-refractivity contribution >= 4 is 11.8 Å². The van der Waals surface area contributed by atoms with Crippen molar-refractivity contribution in [1.82, 2.24) is 10.2 Å². The van der Waals surface area contributed by atoms with Gasteiger partial charge in [0.2, 0.25) is 5.91 Å². The summed E-state index contributed by atoms with van der Waals surface area (Å²) >= 11 is 0. The number of carbonyl (C=O) groups is 2. The van der Waals surface area contributed by atoms with Crippen molar-refractivity contribution in [2.45, 2.75) is 51.5 Å². The molecule has 0 heterocycles. The van der Waals surface area contributed by atoms with Crippen LogP contribution < -0.4 is 10.1 Å². The van der Waals surface area contributed by atoms with Crippen LogP contribution in [0.15, 0.2) is 54.6 Å². The Balaban J connectivity index is 1.08. The highest BCUT2D eigenvalue weighted by Gasteiger charge is 2.54. The zero-order valence-corrected chi connectivity index (χ0v) is 20.2. The van der Waals surface area contributed by atoms with Crippen LogP contribution in [0, 0.1) is 23.2 Å². The number of nitrogens with zero attached hydrogens (tertiary/aromatic N) is 1. The maximum Gasteiger partial charge on any atom is 0.253 e. The summed E-state index contributed by atoms with van der Waals surface area (Å²) in [5, 5.41) is 3.23. The Bertz CT molecular complexity index is 967. The minimum absolute atomic E-state index is 0.00358. The van der Waals surface area contributed by atoms with Crippen LogP contribution in [0.4, 0.5) is 0 Å². The molecule has 4 aliphatic carbocycles. The van der Waals surface area contributed by atoms with Crippen LogP contribution >= 0.6 is 0 Å². The van der Waals surface area contributed by atoms with Crippen molar-refractivity contribution in [3.63, 3.8) is 0 Å². The first-order valence-electron chi connectivity index (χ1n) is 12.8. The normalized spacial score (nSPS) is 26.8. The van der Waals surface area contributed by atoms with Crippen LogP contribution in [0.25, 0.3) is 0 Å². The number of carbonyl (C=O) groups excluding carboxylic acids is 2. The summed E-state index contributed by atoms with van der Waals surface area (Å²) < 4.78 is 5.71. The maximum absolute atomic E-state index is 13.2. The second kappa shape index (κ2) is 9.81. The lowest BCUT2D eigenvalue weighted by atomic mass is 9.49. The maximum atomic E-state index is 13.2. The second-order valence-electron chi connectivity index (χ2n) is 10.8. The molecule has 1 N–H and O–H groups in total. The Hall–Kier alpha value is -2.82. The molecular weight excluding hydrogens is 424 g/mol. The van der Waals surface area contributed by atoms with Crippen LogP contribution in [-0.2, 0) is 11.3 Å². The molecule has 5 nitrogen and oxygen atoms in total. The predicted octanol–water partition coefficient (Wildman–Crippen LogP) is 5.06. The van der Waals surface area contributed by atoms with Crippen LogP contribution in [-0.4, -0.2) is 36.9 Å². The zero-order valence-electron chi connectivity index (χ0n) is 20.2. The standard InChI is InChI=1S/C29H36N2O3/c1-31(12-5-13-34-26-6-3-2-4-7-26)27(32)25-10-8-21(9-11-25)20-30-28(33)29-17-22-14-23(18-29)16-24(15-22)19-29/h2-4,6-11,22-24H,5,12-20H2,1H3,(H,30,33). The van der Waals surface area contributed by atoms with Gasteiger partial charge in [0, 0.05) is 31.1 Å². The first-order valence-corrected chi connectivity index (χ1v) is 12.8. The highest BCUT2D eigenvalue weighted by Crippen LogP contribution is 2.60. The third kappa shape index (κ3) is 4.98. The molecule has 0 spiro atoms. The number of benzene rings is 2. The molecule has 4 aliphatic rings. The van der Waals surface area contributed by atoms with Crippen LogP contribution in [0.1, 0.15) is 60.9 Å². The summed E-state index contributed by atoms with van der Waals surface area (Å²) in [5.74, 6) is 3.41. The van der Waals surface area contributed by atoms with Crippen molar-refractivity contribution in [3.8, 4) is 5.75 Å². The molecule has 2 aromatic carbocycles. The van der Waals surface area contributed by atoms with Gasteiger partial charge in [-0.25, -0.2) is 0 Å². The van der Waals surface area contributed by atoms with Crippen molar-refractivity contribution in [2.75, 3.05) is 20.2 Å². The lowest BCUT2D eigenvalue weighted by molar-refractivity contribution is -0.146. The van der Waals surface area contributed by atoms with Gasteiger partial charge < -0.3 is 15.0 Å². The van der Waals surface area contributed by atoms with Crippen LogP contribution in [0.3, 0.4) is 0 Å². The first-order chi connectivity index (χ1) is 16.5. The average molecular weight is 461 g/mol. The number of para-hydroxylation sites is 1. The number of hydrogen-bond donors (Lipinski definition) is 1. The fraction of sp³-hybridized carbons (Fsp3) is 0.517. The van der Waals surface area contributed by atoms with Gasteiger partial charge in [-0.1, -0.05) is 30.3 Å². The molecule has 2 amide bonds. The molecule has 0 saturated heterocycles. The van der Waals surface area contributed by atoms with Crippen molar-refractivity contribution in [2.24, 2.45) is 23.2 Å². The molecule has 0 aliphatic heterocycles. The lowest BCUT2D eigenvalue weighted by Gasteiger charge is -2.55. The highest BCUT2D eigenvalue weighted by atomic mass is 16.5. The monoisotopic (exact) mass is 460 g/mol. The number of hydrogen-bond acceptors (Lipinski definition) is 3. The number of nitrogens with one attached hydrogen (secondary N) is 1. The van der Waals surface area contributed by atoms with Gasteiger partial charge in [-0.15, -0.1) is 0 Å². The molecule has 5 heteroatoms. The minimum atomic E-state index is -0.113. The fourth-order valence-corrected chi connectivity index (χ4v) is 6.85. The molecule has 4 bridgehead atoms. The van der Waals surface area contributed by atoms with Gasteiger partial charge in [0.05, 0.1) is 6.61 Å². The summed E-state index contributed by atoms with van der Waals surface area (Å²) in [7, 11) is 1.82. The third-order valence-electron chi connectivity index (χ3n) is 8.17. The fourth-order valence-electron chi connectivity index (χ4n) is 6.85. The van der Waals surface area contributed by atoms with E-state index in [-0.39, 0.29) is 17.2 Å². The van der Waals surface area contributed by atoms with Gasteiger partial charge in [0.1, 0.15) is 5.75 Å². The molecular formula is C29H36N2O3. The summed E-state index contributed by atoms with van der Waals surface area (Å²) in [6, 6.07) is 17.4. The summed E-state index contributed by atoms with van der Waals surface area (Å²) in [4.78, 5) is 27.7. The van der Waals surface area contributed by atoms with E-state index in [9.17, 15) is 9.59 Å². The number of ether oxygens (including phenoxy) is 1. The highest BCUT2D eigenvalue weighted by molar-refractivity contribution is 5.94. The molecule has 0 unspecified atom stereocenters. The van der Waals surface area contributed by atoms with E-state index in [1.54, 1.807) is 4.90 Å². The quantitative estimate of drug-likeness (QED) is 0.532. The Labute approximate surface area is 202 Å². The van der Waals surface area contributed by atoms with E-state index in [0.717, 1.165) is 54.7 Å². The Morgan fingerprint density at radius 3 is 2.18 bits per heavy atom. The SMILES string of the molecule is CN(CCCOc1ccccc1)C(=O)c1ccc(CNC(=O)C23CC4CC(CC(C4)C2)C3)cc1. The van der Waals surface area contributed by atoms with Gasteiger partial charge >= 0.3 is 0 Å².